The van der Waals surface area contributed by atoms with Crippen molar-refractivity contribution in [3.8, 4) is 0 Å². The molecule has 0 saturated heterocycles. The molecule has 0 saturated carbocycles. The second-order valence-corrected chi connectivity index (χ2v) is 9.88. The molecular formula is C24H25ClN2O3S. The van der Waals surface area contributed by atoms with Crippen molar-refractivity contribution in [2.45, 2.75) is 31.2 Å². The van der Waals surface area contributed by atoms with Crippen LogP contribution in [-0.4, -0.2) is 21.4 Å². The zero-order chi connectivity index (χ0) is 22.6. The highest BCUT2D eigenvalue weighted by molar-refractivity contribution is 7.92. The van der Waals surface area contributed by atoms with Gasteiger partial charge < -0.3 is 5.32 Å². The minimum absolute atomic E-state index is 0.115. The Morgan fingerprint density at radius 1 is 0.968 bits per heavy atom. The standard InChI is InChI=1S/C24H25ClN2O3S/c1-17-4-14-23(15-5-17)31(29,30)27(3)22-12-6-19(7-13-22)16-24(28)26-18(2)20-8-10-21(25)11-9-20/h4-15,18H,16H2,1-3H3,(H,26,28). The van der Waals surface area contributed by atoms with Crippen molar-refractivity contribution in [2.75, 3.05) is 11.4 Å². The smallest absolute Gasteiger partial charge is 0.264 e. The van der Waals surface area contributed by atoms with Crippen LogP contribution in [0.4, 0.5) is 5.69 Å². The molecule has 0 aliphatic rings. The van der Waals surface area contributed by atoms with Gasteiger partial charge in [-0.2, -0.15) is 0 Å². The summed E-state index contributed by atoms with van der Waals surface area (Å²) in [6, 6.07) is 20.9. The Hall–Kier alpha value is -2.83. The van der Waals surface area contributed by atoms with Gasteiger partial charge in [0.1, 0.15) is 0 Å². The molecule has 0 heterocycles. The number of hydrogen-bond donors (Lipinski definition) is 1. The molecule has 5 nitrogen and oxygen atoms in total. The van der Waals surface area contributed by atoms with Crippen LogP contribution in [0.15, 0.2) is 77.7 Å². The minimum Gasteiger partial charge on any atom is -0.349 e. The maximum absolute atomic E-state index is 12.8. The van der Waals surface area contributed by atoms with E-state index in [0.29, 0.717) is 10.7 Å². The molecule has 1 N–H and O–H groups in total. The normalized spacial score (nSPS) is 12.3. The molecule has 3 aromatic rings. The summed E-state index contributed by atoms with van der Waals surface area (Å²) in [6.07, 6.45) is 0.201. The van der Waals surface area contributed by atoms with E-state index in [9.17, 15) is 13.2 Å². The molecule has 31 heavy (non-hydrogen) atoms. The Morgan fingerprint density at radius 2 is 1.55 bits per heavy atom. The number of amides is 1. The van der Waals surface area contributed by atoms with Crippen LogP contribution in [-0.2, 0) is 21.2 Å². The fourth-order valence-electron chi connectivity index (χ4n) is 3.14. The summed E-state index contributed by atoms with van der Waals surface area (Å²) >= 11 is 5.91. The molecule has 0 aliphatic carbocycles. The van der Waals surface area contributed by atoms with E-state index >= 15 is 0 Å². The monoisotopic (exact) mass is 456 g/mol. The van der Waals surface area contributed by atoms with Crippen molar-refractivity contribution < 1.29 is 13.2 Å². The Kier molecular flexibility index (Phi) is 7.03. The average molecular weight is 457 g/mol. The minimum atomic E-state index is -3.65. The second-order valence-electron chi connectivity index (χ2n) is 7.47. The van der Waals surface area contributed by atoms with E-state index in [2.05, 4.69) is 5.32 Å². The van der Waals surface area contributed by atoms with Crippen molar-refractivity contribution in [3.05, 3.63) is 94.5 Å². The summed E-state index contributed by atoms with van der Waals surface area (Å²) in [6.45, 7) is 3.82. The zero-order valence-electron chi connectivity index (χ0n) is 17.7. The number of benzene rings is 3. The van der Waals surface area contributed by atoms with E-state index in [4.69, 9.17) is 11.6 Å². The summed E-state index contributed by atoms with van der Waals surface area (Å²) in [5, 5.41) is 3.61. The number of nitrogens with one attached hydrogen (secondary N) is 1. The molecule has 0 fully saturated rings. The van der Waals surface area contributed by atoms with Gasteiger partial charge in [0.2, 0.25) is 5.91 Å². The first-order chi connectivity index (χ1) is 14.7. The summed E-state index contributed by atoms with van der Waals surface area (Å²) < 4.78 is 26.9. The molecule has 0 bridgehead atoms. The fourth-order valence-corrected chi connectivity index (χ4v) is 4.47. The highest BCUT2D eigenvalue weighted by Crippen LogP contribution is 2.23. The number of rotatable bonds is 7. The lowest BCUT2D eigenvalue weighted by atomic mass is 10.1. The predicted octanol–water partition coefficient (Wildman–Crippen LogP) is 4.89. The van der Waals surface area contributed by atoms with Gasteiger partial charge in [0.05, 0.1) is 23.0 Å². The third kappa shape index (κ3) is 5.66. The molecule has 7 heteroatoms. The van der Waals surface area contributed by atoms with E-state index in [1.54, 1.807) is 60.7 Å². The number of anilines is 1. The van der Waals surface area contributed by atoms with Crippen molar-refractivity contribution >= 4 is 33.2 Å². The van der Waals surface area contributed by atoms with Crippen LogP contribution in [0.25, 0.3) is 0 Å². The van der Waals surface area contributed by atoms with Gasteiger partial charge in [-0.05, 0) is 61.4 Å². The number of sulfonamides is 1. The van der Waals surface area contributed by atoms with Gasteiger partial charge in [-0.15, -0.1) is 0 Å². The highest BCUT2D eigenvalue weighted by atomic mass is 35.5. The maximum Gasteiger partial charge on any atom is 0.264 e. The topological polar surface area (TPSA) is 66.5 Å². The van der Waals surface area contributed by atoms with E-state index in [-0.39, 0.29) is 23.3 Å². The third-order valence-corrected chi connectivity index (χ3v) is 7.14. The molecule has 162 valence electrons. The summed E-state index contributed by atoms with van der Waals surface area (Å²) in [4.78, 5) is 12.6. The SMILES string of the molecule is Cc1ccc(S(=O)(=O)N(C)c2ccc(CC(=O)NC(C)c3ccc(Cl)cc3)cc2)cc1. The Morgan fingerprint density at radius 3 is 2.13 bits per heavy atom. The predicted molar refractivity (Wildman–Crippen MR) is 125 cm³/mol. The molecule has 0 radical (unpaired) electrons. The van der Waals surface area contributed by atoms with Crippen LogP contribution in [0.1, 0.15) is 29.7 Å². The van der Waals surface area contributed by atoms with Gasteiger partial charge in [-0.25, -0.2) is 8.42 Å². The van der Waals surface area contributed by atoms with Gasteiger partial charge in [0, 0.05) is 12.1 Å². The second kappa shape index (κ2) is 9.54. The van der Waals surface area contributed by atoms with Crippen LogP contribution in [0.3, 0.4) is 0 Å². The molecule has 0 aliphatic heterocycles. The maximum atomic E-state index is 12.8. The number of carbonyl (C=O) groups excluding carboxylic acids is 1. The van der Waals surface area contributed by atoms with E-state index in [1.165, 1.54) is 11.4 Å². The van der Waals surface area contributed by atoms with Crippen LogP contribution < -0.4 is 9.62 Å². The first-order valence-electron chi connectivity index (χ1n) is 9.86. The first-order valence-corrected chi connectivity index (χ1v) is 11.7. The molecule has 1 atom stereocenters. The van der Waals surface area contributed by atoms with E-state index < -0.39 is 10.0 Å². The number of carbonyl (C=O) groups is 1. The average Bonchev–Trinajstić information content (AvgIpc) is 2.74. The summed E-state index contributed by atoms with van der Waals surface area (Å²) in [5.74, 6) is -0.115. The molecule has 3 aromatic carbocycles. The number of aryl methyl sites for hydroxylation is 1. The van der Waals surface area contributed by atoms with Crippen LogP contribution in [0.2, 0.25) is 5.02 Å². The molecule has 0 spiro atoms. The van der Waals surface area contributed by atoms with Gasteiger partial charge in [-0.3, -0.25) is 9.10 Å². The van der Waals surface area contributed by atoms with Crippen molar-refractivity contribution in [2.24, 2.45) is 0 Å². The number of halogens is 1. The number of nitrogens with zero attached hydrogens (tertiary/aromatic N) is 1. The lowest BCUT2D eigenvalue weighted by Crippen LogP contribution is -2.28. The fraction of sp³-hybridized carbons (Fsp3) is 0.208. The largest absolute Gasteiger partial charge is 0.349 e. The van der Waals surface area contributed by atoms with Gasteiger partial charge in [0.15, 0.2) is 0 Å². The van der Waals surface area contributed by atoms with Crippen LogP contribution in [0, 0.1) is 6.92 Å². The highest BCUT2D eigenvalue weighted by Gasteiger charge is 2.21. The van der Waals surface area contributed by atoms with Gasteiger partial charge in [-0.1, -0.05) is 53.6 Å². The van der Waals surface area contributed by atoms with Crippen molar-refractivity contribution in [1.29, 1.82) is 0 Å². The van der Waals surface area contributed by atoms with Crippen molar-refractivity contribution in [1.82, 2.24) is 5.32 Å². The van der Waals surface area contributed by atoms with E-state index in [0.717, 1.165) is 16.7 Å². The Labute approximate surface area is 188 Å². The number of hydrogen-bond acceptors (Lipinski definition) is 3. The lowest BCUT2D eigenvalue weighted by Gasteiger charge is -2.20. The molecule has 1 unspecified atom stereocenters. The van der Waals surface area contributed by atoms with Gasteiger partial charge >= 0.3 is 0 Å². The zero-order valence-corrected chi connectivity index (χ0v) is 19.2. The van der Waals surface area contributed by atoms with Gasteiger partial charge in [0.25, 0.3) is 10.0 Å². The summed E-state index contributed by atoms with van der Waals surface area (Å²) in [5.41, 5.74) is 3.29. The quantitative estimate of drug-likeness (QED) is 0.550. The Balaban J connectivity index is 1.64. The summed E-state index contributed by atoms with van der Waals surface area (Å²) in [7, 11) is -2.13. The molecule has 0 aromatic heterocycles. The molecule has 1 amide bonds. The van der Waals surface area contributed by atoms with Crippen molar-refractivity contribution in [3.63, 3.8) is 0 Å². The van der Waals surface area contributed by atoms with Crippen LogP contribution in [0.5, 0.6) is 0 Å². The molecule has 3 rings (SSSR count). The van der Waals surface area contributed by atoms with E-state index in [1.807, 2.05) is 26.0 Å². The third-order valence-electron chi connectivity index (χ3n) is 5.09. The lowest BCUT2D eigenvalue weighted by molar-refractivity contribution is -0.121. The molecular weight excluding hydrogens is 432 g/mol. The Bertz CT molecular complexity index is 1140. The van der Waals surface area contributed by atoms with Crippen LogP contribution >= 0.6 is 11.6 Å². The first kappa shape index (κ1) is 22.8.